The van der Waals surface area contributed by atoms with Gasteiger partial charge in [-0.3, -0.25) is 4.79 Å². The summed E-state index contributed by atoms with van der Waals surface area (Å²) in [6.07, 6.45) is 9.89. The second-order valence-corrected chi connectivity index (χ2v) is 10.7. The molecule has 2 N–H and O–H groups in total. The molecule has 1 aliphatic heterocycles. The summed E-state index contributed by atoms with van der Waals surface area (Å²) >= 11 is 6.15. The second-order valence-electron chi connectivity index (χ2n) is 10.3. The van der Waals surface area contributed by atoms with Crippen LogP contribution < -0.4 is 5.32 Å². The van der Waals surface area contributed by atoms with Gasteiger partial charge in [0.1, 0.15) is 5.75 Å². The van der Waals surface area contributed by atoms with Gasteiger partial charge in [0.25, 0.3) is 0 Å². The Labute approximate surface area is 166 Å². The summed E-state index contributed by atoms with van der Waals surface area (Å²) in [4.78, 5) is 13.5. The van der Waals surface area contributed by atoms with E-state index in [0.29, 0.717) is 10.8 Å². The molecular formula is C23H28ClNO2. The standard InChI is InChI=1S/C23H28ClNO2/c1-22(2)12-16-6-18(24)20(26)7-17(16)19(25-22)8-21(27)23-9-13-3-14(10-23)5-15(4-13)11-23/h6-8,13-15,25-26H,3-5,9-12H2,1-2H3/b19-8+. The van der Waals surface area contributed by atoms with Crippen LogP contribution in [0, 0.1) is 23.2 Å². The minimum absolute atomic E-state index is 0.0741. The third kappa shape index (κ3) is 2.90. The summed E-state index contributed by atoms with van der Waals surface area (Å²) in [5, 5.41) is 14.0. The van der Waals surface area contributed by atoms with E-state index in [1.54, 1.807) is 6.07 Å². The average Bonchev–Trinajstić information content (AvgIpc) is 2.54. The fourth-order valence-electron chi connectivity index (χ4n) is 6.76. The highest BCUT2D eigenvalue weighted by atomic mass is 35.5. The quantitative estimate of drug-likeness (QED) is 0.696. The first-order valence-corrected chi connectivity index (χ1v) is 10.7. The molecule has 1 aromatic carbocycles. The van der Waals surface area contributed by atoms with Gasteiger partial charge in [-0.2, -0.15) is 0 Å². The summed E-state index contributed by atoms with van der Waals surface area (Å²) in [5.41, 5.74) is 2.55. The van der Waals surface area contributed by atoms with Crippen LogP contribution in [0.2, 0.25) is 5.02 Å². The molecule has 0 amide bonds. The SMILES string of the molecule is CC1(C)Cc2cc(Cl)c(O)cc2/C(=C\C(=O)C23CC4CC(CC(C4)C2)C3)N1. The zero-order valence-corrected chi connectivity index (χ0v) is 16.9. The van der Waals surface area contributed by atoms with E-state index in [1.165, 1.54) is 19.3 Å². The third-order valence-electron chi connectivity index (χ3n) is 7.40. The number of aromatic hydroxyl groups is 1. The van der Waals surface area contributed by atoms with Crippen LogP contribution >= 0.6 is 11.6 Å². The monoisotopic (exact) mass is 385 g/mol. The number of halogens is 1. The molecule has 0 aromatic heterocycles. The molecule has 0 unspecified atom stereocenters. The first-order valence-electron chi connectivity index (χ1n) is 10.3. The Morgan fingerprint density at radius 1 is 1.15 bits per heavy atom. The van der Waals surface area contributed by atoms with Crippen LogP contribution in [0.5, 0.6) is 5.75 Å². The van der Waals surface area contributed by atoms with E-state index in [-0.39, 0.29) is 16.7 Å². The minimum atomic E-state index is -0.152. The smallest absolute Gasteiger partial charge is 0.163 e. The van der Waals surface area contributed by atoms with E-state index < -0.39 is 0 Å². The number of benzene rings is 1. The van der Waals surface area contributed by atoms with E-state index >= 15 is 0 Å². The van der Waals surface area contributed by atoms with Crippen LogP contribution in [0.15, 0.2) is 18.2 Å². The topological polar surface area (TPSA) is 49.3 Å². The number of allylic oxidation sites excluding steroid dienone is 1. The predicted octanol–water partition coefficient (Wildman–Crippen LogP) is 5.10. The van der Waals surface area contributed by atoms with E-state index in [9.17, 15) is 9.90 Å². The largest absolute Gasteiger partial charge is 0.506 e. The van der Waals surface area contributed by atoms with Gasteiger partial charge < -0.3 is 10.4 Å². The highest BCUT2D eigenvalue weighted by Crippen LogP contribution is 2.60. The first kappa shape index (κ1) is 17.6. The predicted molar refractivity (Wildman–Crippen MR) is 108 cm³/mol. The molecular weight excluding hydrogens is 358 g/mol. The number of rotatable bonds is 2. The van der Waals surface area contributed by atoms with Crippen LogP contribution in [-0.2, 0) is 11.2 Å². The molecule has 4 fully saturated rings. The molecule has 4 saturated carbocycles. The van der Waals surface area contributed by atoms with Crippen LogP contribution in [0.1, 0.15) is 63.5 Å². The van der Waals surface area contributed by atoms with Crippen molar-refractivity contribution in [3.63, 3.8) is 0 Å². The Kier molecular flexibility index (Phi) is 3.76. The molecule has 3 nitrogen and oxygen atoms in total. The lowest BCUT2D eigenvalue weighted by atomic mass is 9.48. The lowest BCUT2D eigenvalue weighted by Crippen LogP contribution is -2.50. The van der Waals surface area contributed by atoms with Crippen molar-refractivity contribution in [2.75, 3.05) is 0 Å². The molecule has 27 heavy (non-hydrogen) atoms. The van der Waals surface area contributed by atoms with Gasteiger partial charge in [0, 0.05) is 28.3 Å². The Bertz CT molecular complexity index is 819. The van der Waals surface area contributed by atoms with Gasteiger partial charge in [0.05, 0.1) is 5.02 Å². The fraction of sp³-hybridized carbons (Fsp3) is 0.609. The van der Waals surface area contributed by atoms with Crippen molar-refractivity contribution in [3.8, 4) is 5.75 Å². The molecule has 0 saturated heterocycles. The lowest BCUT2D eigenvalue weighted by Gasteiger charge is -2.55. The van der Waals surface area contributed by atoms with Gasteiger partial charge in [-0.25, -0.2) is 0 Å². The molecule has 0 radical (unpaired) electrons. The second kappa shape index (κ2) is 5.76. The van der Waals surface area contributed by atoms with Crippen molar-refractivity contribution in [1.82, 2.24) is 5.32 Å². The minimum Gasteiger partial charge on any atom is -0.506 e. The van der Waals surface area contributed by atoms with E-state index in [1.807, 2.05) is 12.1 Å². The highest BCUT2D eigenvalue weighted by molar-refractivity contribution is 6.32. The van der Waals surface area contributed by atoms with Crippen LogP contribution in [0.25, 0.3) is 5.70 Å². The maximum absolute atomic E-state index is 13.5. The molecule has 0 spiro atoms. The summed E-state index contributed by atoms with van der Waals surface area (Å²) in [5.74, 6) is 2.63. The molecule has 6 rings (SSSR count). The van der Waals surface area contributed by atoms with Gasteiger partial charge in [-0.1, -0.05) is 11.6 Å². The first-order chi connectivity index (χ1) is 12.7. The Hall–Kier alpha value is -1.48. The van der Waals surface area contributed by atoms with Crippen molar-refractivity contribution < 1.29 is 9.90 Å². The molecule has 4 heteroatoms. The number of phenols is 1. The van der Waals surface area contributed by atoms with Gasteiger partial charge in [-0.05, 0) is 94.2 Å². The Morgan fingerprint density at radius 2 is 1.74 bits per heavy atom. The molecule has 1 heterocycles. The zero-order valence-electron chi connectivity index (χ0n) is 16.1. The molecule has 4 aliphatic carbocycles. The van der Waals surface area contributed by atoms with E-state index in [2.05, 4.69) is 19.2 Å². The maximum atomic E-state index is 13.5. The van der Waals surface area contributed by atoms with Gasteiger partial charge >= 0.3 is 0 Å². The maximum Gasteiger partial charge on any atom is 0.163 e. The van der Waals surface area contributed by atoms with Crippen LogP contribution in [0.3, 0.4) is 0 Å². The third-order valence-corrected chi connectivity index (χ3v) is 7.71. The van der Waals surface area contributed by atoms with Crippen molar-refractivity contribution in [2.45, 2.75) is 64.3 Å². The number of hydrogen-bond donors (Lipinski definition) is 2. The Morgan fingerprint density at radius 3 is 2.33 bits per heavy atom. The summed E-state index contributed by atoms with van der Waals surface area (Å²) in [6.45, 7) is 4.28. The number of phenolic OH excluding ortho intramolecular Hbond substituents is 1. The van der Waals surface area contributed by atoms with Gasteiger partial charge in [0.15, 0.2) is 5.78 Å². The number of carbonyl (C=O) groups is 1. The van der Waals surface area contributed by atoms with E-state index in [0.717, 1.165) is 60.3 Å². The van der Waals surface area contributed by atoms with Crippen molar-refractivity contribution >= 4 is 23.1 Å². The van der Waals surface area contributed by atoms with Crippen molar-refractivity contribution in [2.24, 2.45) is 23.2 Å². The fourth-order valence-corrected chi connectivity index (χ4v) is 6.95. The number of ketones is 1. The summed E-state index contributed by atoms with van der Waals surface area (Å²) in [7, 11) is 0. The van der Waals surface area contributed by atoms with Crippen molar-refractivity contribution in [3.05, 3.63) is 34.4 Å². The van der Waals surface area contributed by atoms with Crippen molar-refractivity contribution in [1.29, 1.82) is 0 Å². The number of carbonyl (C=O) groups excluding carboxylic acids is 1. The van der Waals surface area contributed by atoms with Gasteiger partial charge in [0.2, 0.25) is 0 Å². The summed E-state index contributed by atoms with van der Waals surface area (Å²) in [6, 6.07) is 3.55. The highest BCUT2D eigenvalue weighted by Gasteiger charge is 2.54. The normalized spacial score (nSPS) is 37.1. The summed E-state index contributed by atoms with van der Waals surface area (Å²) < 4.78 is 0. The van der Waals surface area contributed by atoms with Crippen LogP contribution in [-0.4, -0.2) is 16.4 Å². The Balaban J connectivity index is 1.53. The van der Waals surface area contributed by atoms with Gasteiger partial charge in [-0.15, -0.1) is 0 Å². The molecule has 5 aliphatic rings. The number of hydrogen-bond acceptors (Lipinski definition) is 3. The average molecular weight is 386 g/mol. The number of nitrogens with one attached hydrogen (secondary N) is 1. The lowest BCUT2D eigenvalue weighted by molar-refractivity contribution is -0.138. The number of fused-ring (bicyclic) bond motifs is 1. The molecule has 144 valence electrons. The van der Waals surface area contributed by atoms with Crippen LogP contribution in [0.4, 0.5) is 0 Å². The molecule has 0 atom stereocenters. The molecule has 1 aromatic rings. The molecule has 4 bridgehead atoms. The van der Waals surface area contributed by atoms with E-state index in [4.69, 9.17) is 11.6 Å². The zero-order chi connectivity index (χ0) is 19.0.